The lowest BCUT2D eigenvalue weighted by atomic mass is 10.2. The molecule has 2 N–H and O–H groups in total. The van der Waals surface area contributed by atoms with Crippen molar-refractivity contribution in [2.75, 3.05) is 5.73 Å². The van der Waals surface area contributed by atoms with Crippen molar-refractivity contribution in [3.05, 3.63) is 65.9 Å². The second-order valence-electron chi connectivity index (χ2n) is 4.47. The van der Waals surface area contributed by atoms with Crippen LogP contribution in [0.15, 0.2) is 48.7 Å². The standard InChI is InChI=1S/C15H12F2N2/c16-12-2-1-3-15-11(12)6-7-19(15)9-10-4-5-14(18)13(17)8-10/h1-8H,9,18H2. The van der Waals surface area contributed by atoms with Crippen LogP contribution in [-0.4, -0.2) is 4.57 Å². The quantitative estimate of drug-likeness (QED) is 0.700. The van der Waals surface area contributed by atoms with E-state index in [0.29, 0.717) is 11.9 Å². The number of halogens is 2. The molecule has 0 aliphatic rings. The van der Waals surface area contributed by atoms with Crippen LogP contribution in [0, 0.1) is 11.6 Å². The van der Waals surface area contributed by atoms with Crippen molar-refractivity contribution < 1.29 is 8.78 Å². The fourth-order valence-electron chi connectivity index (χ4n) is 2.19. The molecule has 0 aliphatic heterocycles. The molecule has 0 saturated carbocycles. The third-order valence-electron chi connectivity index (χ3n) is 3.18. The third kappa shape index (κ3) is 2.05. The second-order valence-corrected chi connectivity index (χ2v) is 4.47. The van der Waals surface area contributed by atoms with Gasteiger partial charge in [-0.3, -0.25) is 0 Å². The summed E-state index contributed by atoms with van der Waals surface area (Å²) >= 11 is 0. The van der Waals surface area contributed by atoms with Crippen molar-refractivity contribution in [3.8, 4) is 0 Å². The summed E-state index contributed by atoms with van der Waals surface area (Å²) in [5.74, 6) is -0.681. The van der Waals surface area contributed by atoms with Crippen molar-refractivity contribution >= 4 is 16.6 Å². The zero-order valence-corrected chi connectivity index (χ0v) is 10.1. The van der Waals surface area contributed by atoms with Crippen LogP contribution in [0.25, 0.3) is 10.9 Å². The van der Waals surface area contributed by atoms with Crippen LogP contribution in [0.2, 0.25) is 0 Å². The molecule has 4 heteroatoms. The van der Waals surface area contributed by atoms with E-state index in [1.807, 2.05) is 10.6 Å². The topological polar surface area (TPSA) is 30.9 Å². The predicted molar refractivity (Wildman–Crippen MR) is 71.8 cm³/mol. The molecule has 0 amide bonds. The number of benzene rings is 2. The summed E-state index contributed by atoms with van der Waals surface area (Å²) in [6.07, 6.45) is 1.79. The number of hydrogen-bond acceptors (Lipinski definition) is 1. The Kier molecular flexibility index (Phi) is 2.71. The molecular weight excluding hydrogens is 246 g/mol. The first kappa shape index (κ1) is 11.7. The highest BCUT2D eigenvalue weighted by atomic mass is 19.1. The first-order valence-corrected chi connectivity index (χ1v) is 5.92. The fourth-order valence-corrected chi connectivity index (χ4v) is 2.19. The molecule has 19 heavy (non-hydrogen) atoms. The Balaban J connectivity index is 2.01. The SMILES string of the molecule is Nc1ccc(Cn2ccc3c(F)cccc32)cc1F. The zero-order valence-electron chi connectivity index (χ0n) is 10.1. The molecule has 0 fully saturated rings. The zero-order chi connectivity index (χ0) is 13.4. The van der Waals surface area contributed by atoms with Gasteiger partial charge in [0.2, 0.25) is 0 Å². The van der Waals surface area contributed by atoms with Gasteiger partial charge in [-0.05, 0) is 35.9 Å². The molecule has 0 atom stereocenters. The van der Waals surface area contributed by atoms with E-state index in [1.165, 1.54) is 18.2 Å². The smallest absolute Gasteiger partial charge is 0.146 e. The summed E-state index contributed by atoms with van der Waals surface area (Å²) in [5.41, 5.74) is 7.15. The number of nitrogens with two attached hydrogens (primary N) is 1. The number of nitrogen functional groups attached to an aromatic ring is 1. The molecule has 96 valence electrons. The van der Waals surface area contributed by atoms with Crippen LogP contribution in [0.4, 0.5) is 14.5 Å². The summed E-state index contributed by atoms with van der Waals surface area (Å²) < 4.78 is 28.8. The molecule has 0 spiro atoms. The number of rotatable bonds is 2. The molecule has 1 aromatic heterocycles. The average molecular weight is 258 g/mol. The van der Waals surface area contributed by atoms with Gasteiger partial charge in [0.05, 0.1) is 11.2 Å². The Morgan fingerprint density at radius 3 is 2.63 bits per heavy atom. The Hall–Kier alpha value is -2.36. The predicted octanol–water partition coefficient (Wildman–Crippen LogP) is 3.55. The van der Waals surface area contributed by atoms with Gasteiger partial charge in [0, 0.05) is 18.1 Å². The van der Waals surface area contributed by atoms with Crippen LogP contribution >= 0.6 is 0 Å². The lowest BCUT2D eigenvalue weighted by Gasteiger charge is -2.07. The highest BCUT2D eigenvalue weighted by molar-refractivity contribution is 5.80. The van der Waals surface area contributed by atoms with E-state index in [4.69, 9.17) is 5.73 Å². The van der Waals surface area contributed by atoms with E-state index in [9.17, 15) is 8.78 Å². The monoisotopic (exact) mass is 258 g/mol. The van der Waals surface area contributed by atoms with Gasteiger partial charge >= 0.3 is 0 Å². The maximum atomic E-state index is 13.6. The van der Waals surface area contributed by atoms with Gasteiger partial charge < -0.3 is 10.3 Å². The normalized spacial score (nSPS) is 11.1. The largest absolute Gasteiger partial charge is 0.396 e. The second kappa shape index (κ2) is 4.39. The van der Waals surface area contributed by atoms with E-state index in [2.05, 4.69) is 0 Å². The van der Waals surface area contributed by atoms with Gasteiger partial charge in [-0.1, -0.05) is 12.1 Å². The molecule has 0 saturated heterocycles. The molecule has 2 aromatic carbocycles. The Labute approximate surface area is 109 Å². The van der Waals surface area contributed by atoms with E-state index < -0.39 is 5.82 Å². The van der Waals surface area contributed by atoms with Gasteiger partial charge in [-0.25, -0.2) is 8.78 Å². The Bertz CT molecular complexity index is 747. The molecule has 3 aromatic rings. The molecule has 0 unspecified atom stereocenters. The highest BCUT2D eigenvalue weighted by Crippen LogP contribution is 2.21. The van der Waals surface area contributed by atoms with Crippen LogP contribution in [0.5, 0.6) is 0 Å². The van der Waals surface area contributed by atoms with Crippen molar-refractivity contribution in [3.63, 3.8) is 0 Å². The first-order valence-electron chi connectivity index (χ1n) is 5.92. The van der Waals surface area contributed by atoms with E-state index in [1.54, 1.807) is 24.4 Å². The maximum Gasteiger partial charge on any atom is 0.146 e. The third-order valence-corrected chi connectivity index (χ3v) is 3.18. The summed E-state index contributed by atoms with van der Waals surface area (Å²) in [5, 5.41) is 0.568. The summed E-state index contributed by atoms with van der Waals surface area (Å²) in [6, 6.07) is 11.4. The number of fused-ring (bicyclic) bond motifs is 1. The first-order chi connectivity index (χ1) is 9.15. The van der Waals surface area contributed by atoms with Crippen molar-refractivity contribution in [1.29, 1.82) is 0 Å². The molecule has 1 heterocycles. The highest BCUT2D eigenvalue weighted by Gasteiger charge is 2.06. The fraction of sp³-hybridized carbons (Fsp3) is 0.0667. The number of nitrogens with zero attached hydrogens (tertiary/aromatic N) is 1. The van der Waals surface area contributed by atoms with Crippen LogP contribution in [0.1, 0.15) is 5.56 Å². The molecular formula is C15H12F2N2. The van der Waals surface area contributed by atoms with Crippen molar-refractivity contribution in [2.45, 2.75) is 6.54 Å². The lowest BCUT2D eigenvalue weighted by molar-refractivity contribution is 0.628. The van der Waals surface area contributed by atoms with Crippen molar-refractivity contribution in [2.24, 2.45) is 0 Å². The van der Waals surface area contributed by atoms with Crippen LogP contribution in [-0.2, 0) is 6.54 Å². The molecule has 2 nitrogen and oxygen atoms in total. The minimum absolute atomic E-state index is 0.132. The van der Waals surface area contributed by atoms with Gasteiger partial charge in [0.1, 0.15) is 11.6 Å². The van der Waals surface area contributed by atoms with Gasteiger partial charge in [-0.15, -0.1) is 0 Å². The maximum absolute atomic E-state index is 13.6. The van der Waals surface area contributed by atoms with Crippen LogP contribution < -0.4 is 5.73 Å². The van der Waals surface area contributed by atoms with E-state index in [-0.39, 0.29) is 11.5 Å². The number of anilines is 1. The Morgan fingerprint density at radius 1 is 1.00 bits per heavy atom. The molecule has 3 rings (SSSR count). The molecule has 0 bridgehead atoms. The Morgan fingerprint density at radius 2 is 1.84 bits per heavy atom. The molecule has 0 aliphatic carbocycles. The van der Waals surface area contributed by atoms with E-state index in [0.717, 1.165) is 11.1 Å². The lowest BCUT2D eigenvalue weighted by Crippen LogP contribution is -2.00. The average Bonchev–Trinajstić information content (AvgIpc) is 2.79. The summed E-state index contributed by atoms with van der Waals surface area (Å²) in [4.78, 5) is 0. The van der Waals surface area contributed by atoms with Gasteiger partial charge in [0.15, 0.2) is 0 Å². The van der Waals surface area contributed by atoms with Crippen molar-refractivity contribution in [1.82, 2.24) is 4.57 Å². The van der Waals surface area contributed by atoms with Gasteiger partial charge in [0.25, 0.3) is 0 Å². The summed E-state index contributed by atoms with van der Waals surface area (Å²) in [7, 11) is 0. The molecule has 0 radical (unpaired) electrons. The summed E-state index contributed by atoms with van der Waals surface area (Å²) in [6.45, 7) is 0.476. The minimum Gasteiger partial charge on any atom is -0.396 e. The number of hydrogen-bond donors (Lipinski definition) is 1. The minimum atomic E-state index is -0.430. The number of aromatic nitrogens is 1. The van der Waals surface area contributed by atoms with Crippen LogP contribution in [0.3, 0.4) is 0 Å². The van der Waals surface area contributed by atoms with E-state index >= 15 is 0 Å². The van der Waals surface area contributed by atoms with Gasteiger partial charge in [-0.2, -0.15) is 0 Å².